The van der Waals surface area contributed by atoms with Crippen molar-refractivity contribution in [2.45, 2.75) is 6.42 Å². The number of fused-ring (bicyclic) bond motifs is 1. The molecule has 0 spiro atoms. The molecule has 0 aliphatic carbocycles. The first-order valence-electron chi connectivity index (χ1n) is 5.61. The van der Waals surface area contributed by atoms with Crippen molar-refractivity contribution < 1.29 is 5.11 Å². The van der Waals surface area contributed by atoms with E-state index in [0.29, 0.717) is 23.7 Å². The van der Waals surface area contributed by atoms with Gasteiger partial charge in [-0.15, -0.1) is 10.2 Å². The van der Waals surface area contributed by atoms with Gasteiger partial charge in [0.25, 0.3) is 0 Å². The number of aromatic nitrogens is 3. The lowest BCUT2D eigenvalue weighted by Crippen LogP contribution is -2.02. The molecule has 0 aliphatic heterocycles. The molecule has 1 aromatic carbocycles. The first kappa shape index (κ1) is 10.6. The van der Waals surface area contributed by atoms with Crippen LogP contribution in [0.3, 0.4) is 0 Å². The van der Waals surface area contributed by atoms with Crippen LogP contribution in [-0.4, -0.2) is 19.7 Å². The number of nitrogens with zero attached hydrogens (tertiary/aromatic N) is 3. The molecule has 5 nitrogen and oxygen atoms in total. The van der Waals surface area contributed by atoms with Crippen molar-refractivity contribution in [2.24, 2.45) is 0 Å². The van der Waals surface area contributed by atoms with Gasteiger partial charge in [-0.25, -0.2) is 0 Å². The van der Waals surface area contributed by atoms with Crippen molar-refractivity contribution in [3.05, 3.63) is 53.9 Å². The summed E-state index contributed by atoms with van der Waals surface area (Å²) in [5, 5.41) is 17.9. The first-order chi connectivity index (χ1) is 8.75. The Bertz CT molecular complexity index is 705. The van der Waals surface area contributed by atoms with Crippen LogP contribution in [0.2, 0.25) is 0 Å². The van der Waals surface area contributed by atoms with E-state index in [1.807, 2.05) is 24.3 Å². The van der Waals surface area contributed by atoms with Crippen molar-refractivity contribution >= 4 is 11.5 Å². The molecule has 3 N–H and O–H groups in total. The van der Waals surface area contributed by atoms with Crippen LogP contribution in [0.25, 0.3) is 5.65 Å². The summed E-state index contributed by atoms with van der Waals surface area (Å²) in [6.07, 6.45) is 0.488. The molecule has 18 heavy (non-hydrogen) atoms. The van der Waals surface area contributed by atoms with Gasteiger partial charge in [0, 0.05) is 12.0 Å². The fourth-order valence-corrected chi connectivity index (χ4v) is 1.97. The Morgan fingerprint density at radius 2 is 1.89 bits per heavy atom. The predicted octanol–water partition coefficient (Wildman–Crippen LogP) is 1.61. The number of phenols is 1. The first-order valence-corrected chi connectivity index (χ1v) is 5.61. The van der Waals surface area contributed by atoms with E-state index in [1.165, 1.54) is 0 Å². The van der Waals surface area contributed by atoms with Crippen molar-refractivity contribution in [2.75, 3.05) is 5.73 Å². The molecule has 2 heterocycles. The minimum absolute atomic E-state index is 0.253. The van der Waals surface area contributed by atoms with Gasteiger partial charge >= 0.3 is 0 Å². The number of rotatable bonds is 2. The normalized spacial score (nSPS) is 10.9. The van der Waals surface area contributed by atoms with Gasteiger partial charge in [0.2, 0.25) is 0 Å². The molecular formula is C13H12N4O. The van der Waals surface area contributed by atoms with Gasteiger partial charge in [-0.3, -0.25) is 4.40 Å². The van der Waals surface area contributed by atoms with E-state index in [1.54, 1.807) is 22.6 Å². The SMILES string of the molecule is Nc1cccc2nnc(Cc3ccccc3O)n12. The highest BCUT2D eigenvalue weighted by Crippen LogP contribution is 2.20. The van der Waals surface area contributed by atoms with Crippen LogP contribution < -0.4 is 5.73 Å². The van der Waals surface area contributed by atoms with Gasteiger partial charge in [-0.2, -0.15) is 0 Å². The van der Waals surface area contributed by atoms with E-state index in [9.17, 15) is 5.11 Å². The molecule has 0 fully saturated rings. The Labute approximate surface area is 104 Å². The summed E-state index contributed by atoms with van der Waals surface area (Å²) in [4.78, 5) is 0. The van der Waals surface area contributed by atoms with Crippen molar-refractivity contribution in [3.8, 4) is 5.75 Å². The highest BCUT2D eigenvalue weighted by molar-refractivity contribution is 5.48. The molecule has 2 aromatic heterocycles. The summed E-state index contributed by atoms with van der Waals surface area (Å²) >= 11 is 0. The van der Waals surface area contributed by atoms with Gasteiger partial charge in [0.1, 0.15) is 17.4 Å². The summed E-state index contributed by atoms with van der Waals surface area (Å²) in [5.74, 6) is 1.55. The average molecular weight is 240 g/mol. The lowest BCUT2D eigenvalue weighted by molar-refractivity contribution is 0.469. The fourth-order valence-electron chi connectivity index (χ4n) is 1.97. The molecule has 0 bridgehead atoms. The van der Waals surface area contributed by atoms with Crippen LogP contribution in [0.5, 0.6) is 5.75 Å². The molecule has 0 saturated heterocycles. The molecule has 0 saturated carbocycles. The summed E-state index contributed by atoms with van der Waals surface area (Å²) in [5.41, 5.74) is 7.42. The van der Waals surface area contributed by atoms with Crippen LogP contribution in [0.1, 0.15) is 11.4 Å². The maximum Gasteiger partial charge on any atom is 0.162 e. The largest absolute Gasteiger partial charge is 0.508 e. The topological polar surface area (TPSA) is 76.4 Å². The number of phenolic OH excluding ortho intramolecular Hbond substituents is 1. The van der Waals surface area contributed by atoms with Crippen molar-refractivity contribution in [3.63, 3.8) is 0 Å². The number of nitrogens with two attached hydrogens (primary N) is 1. The van der Waals surface area contributed by atoms with Crippen LogP contribution >= 0.6 is 0 Å². The Morgan fingerprint density at radius 1 is 1.06 bits per heavy atom. The van der Waals surface area contributed by atoms with E-state index in [0.717, 1.165) is 5.56 Å². The highest BCUT2D eigenvalue weighted by Gasteiger charge is 2.10. The smallest absolute Gasteiger partial charge is 0.162 e. The number of benzene rings is 1. The Hall–Kier alpha value is -2.56. The lowest BCUT2D eigenvalue weighted by atomic mass is 10.1. The maximum absolute atomic E-state index is 9.76. The highest BCUT2D eigenvalue weighted by atomic mass is 16.3. The Balaban J connectivity index is 2.09. The standard InChI is InChI=1S/C13H12N4O/c14-11-6-3-7-12-15-16-13(17(11)12)8-9-4-1-2-5-10(9)18/h1-7,18H,8,14H2. The summed E-state index contributed by atoms with van der Waals surface area (Å²) in [6.45, 7) is 0. The zero-order valence-electron chi connectivity index (χ0n) is 9.61. The maximum atomic E-state index is 9.76. The molecule has 0 atom stereocenters. The quantitative estimate of drug-likeness (QED) is 0.713. The second kappa shape index (κ2) is 4.03. The number of pyridine rings is 1. The number of nitrogen functional groups attached to an aromatic ring is 1. The van der Waals surface area contributed by atoms with Crippen molar-refractivity contribution in [1.29, 1.82) is 0 Å². The van der Waals surface area contributed by atoms with Gasteiger partial charge in [-0.1, -0.05) is 24.3 Å². The van der Waals surface area contributed by atoms with E-state index in [-0.39, 0.29) is 5.75 Å². The molecule has 3 aromatic rings. The Morgan fingerprint density at radius 3 is 2.72 bits per heavy atom. The number of hydrogen-bond donors (Lipinski definition) is 2. The minimum Gasteiger partial charge on any atom is -0.508 e. The summed E-state index contributed by atoms with van der Waals surface area (Å²) in [7, 11) is 0. The van der Waals surface area contributed by atoms with Gasteiger partial charge in [0.05, 0.1) is 0 Å². The van der Waals surface area contributed by atoms with Gasteiger partial charge in [0.15, 0.2) is 5.65 Å². The summed E-state index contributed by atoms with van der Waals surface area (Å²) < 4.78 is 1.78. The third-order valence-corrected chi connectivity index (χ3v) is 2.87. The number of anilines is 1. The minimum atomic E-state index is 0.253. The summed E-state index contributed by atoms with van der Waals surface area (Å²) in [6, 6.07) is 12.7. The third-order valence-electron chi connectivity index (χ3n) is 2.87. The van der Waals surface area contributed by atoms with E-state index in [4.69, 9.17) is 5.73 Å². The molecular weight excluding hydrogens is 228 g/mol. The molecule has 0 amide bonds. The second-order valence-corrected chi connectivity index (χ2v) is 4.07. The lowest BCUT2D eigenvalue weighted by Gasteiger charge is -2.04. The van der Waals surface area contributed by atoms with Gasteiger partial charge in [-0.05, 0) is 18.2 Å². The zero-order chi connectivity index (χ0) is 12.5. The van der Waals surface area contributed by atoms with E-state index >= 15 is 0 Å². The predicted molar refractivity (Wildman–Crippen MR) is 68.3 cm³/mol. The van der Waals surface area contributed by atoms with E-state index < -0.39 is 0 Å². The molecule has 0 unspecified atom stereocenters. The monoisotopic (exact) mass is 240 g/mol. The van der Waals surface area contributed by atoms with Crippen LogP contribution in [-0.2, 0) is 6.42 Å². The number of aromatic hydroxyl groups is 1. The fraction of sp³-hybridized carbons (Fsp3) is 0.0769. The van der Waals surface area contributed by atoms with Crippen molar-refractivity contribution in [1.82, 2.24) is 14.6 Å². The molecule has 3 rings (SSSR count). The second-order valence-electron chi connectivity index (χ2n) is 4.07. The van der Waals surface area contributed by atoms with Crippen LogP contribution in [0.15, 0.2) is 42.5 Å². The third kappa shape index (κ3) is 1.66. The Kier molecular flexibility index (Phi) is 2.37. The molecule has 0 aliphatic rings. The molecule has 5 heteroatoms. The average Bonchev–Trinajstić information content (AvgIpc) is 2.77. The number of hydrogen-bond acceptors (Lipinski definition) is 4. The number of para-hydroxylation sites is 1. The van der Waals surface area contributed by atoms with Gasteiger partial charge < -0.3 is 10.8 Å². The van der Waals surface area contributed by atoms with E-state index in [2.05, 4.69) is 10.2 Å². The zero-order valence-corrected chi connectivity index (χ0v) is 9.61. The van der Waals surface area contributed by atoms with Crippen LogP contribution in [0.4, 0.5) is 5.82 Å². The molecule has 90 valence electrons. The molecule has 0 radical (unpaired) electrons. The van der Waals surface area contributed by atoms with Crippen LogP contribution in [0, 0.1) is 0 Å².